The van der Waals surface area contributed by atoms with Crippen molar-refractivity contribution in [1.82, 2.24) is 4.90 Å². The van der Waals surface area contributed by atoms with E-state index in [1.807, 2.05) is 31.3 Å². The molecule has 0 aliphatic carbocycles. The monoisotopic (exact) mass is 157 g/mol. The Hall–Kier alpha value is -0.990. The number of methoxy groups -OCH3 is 1. The van der Waals surface area contributed by atoms with Gasteiger partial charge in [0.1, 0.15) is 0 Å². The number of allylic oxidation sites excluding steroid dienone is 1. The van der Waals surface area contributed by atoms with Crippen LogP contribution in [-0.2, 0) is 9.53 Å². The van der Waals surface area contributed by atoms with Crippen LogP contribution in [0, 0.1) is 0 Å². The Labute approximate surface area is 67.6 Å². The Kier molecular flexibility index (Phi) is 5.25. The molecule has 64 valence electrons. The molecule has 0 bridgehead atoms. The zero-order valence-electron chi connectivity index (χ0n) is 7.33. The van der Waals surface area contributed by atoms with Gasteiger partial charge in [-0.1, -0.05) is 6.08 Å². The zero-order valence-corrected chi connectivity index (χ0v) is 7.33. The zero-order chi connectivity index (χ0) is 8.69. The maximum Gasteiger partial charge on any atom is 0.305 e. The topological polar surface area (TPSA) is 29.5 Å². The lowest BCUT2D eigenvalue weighted by molar-refractivity contribution is -0.140. The average molecular weight is 157 g/mol. The minimum Gasteiger partial charge on any atom is -0.469 e. The molecule has 0 unspecified atom stereocenters. The Bertz CT molecular complexity index is 141. The Morgan fingerprint density at radius 3 is 2.64 bits per heavy atom. The standard InChI is InChI=1S/C8H15NO2/c1-9(2)7-5-4-6-8(10)11-3/h5,7H,4,6H2,1-3H3/b7-5+. The van der Waals surface area contributed by atoms with Crippen LogP contribution in [0.2, 0.25) is 0 Å². The Balaban J connectivity index is 3.34. The molecule has 0 aliphatic heterocycles. The summed E-state index contributed by atoms with van der Waals surface area (Å²) in [5, 5.41) is 0. The maximum atomic E-state index is 10.6. The van der Waals surface area contributed by atoms with Gasteiger partial charge >= 0.3 is 5.97 Å². The van der Waals surface area contributed by atoms with Crippen LogP contribution in [0.1, 0.15) is 12.8 Å². The van der Waals surface area contributed by atoms with Crippen molar-refractivity contribution in [3.63, 3.8) is 0 Å². The summed E-state index contributed by atoms with van der Waals surface area (Å²) in [6.45, 7) is 0. The quantitative estimate of drug-likeness (QED) is 0.570. The molecule has 0 aromatic heterocycles. The van der Waals surface area contributed by atoms with E-state index in [9.17, 15) is 4.79 Å². The van der Waals surface area contributed by atoms with Gasteiger partial charge in [0.25, 0.3) is 0 Å². The number of ether oxygens (including phenoxy) is 1. The van der Waals surface area contributed by atoms with Gasteiger partial charge in [0.2, 0.25) is 0 Å². The number of hydrogen-bond donors (Lipinski definition) is 0. The molecular formula is C8H15NO2. The van der Waals surface area contributed by atoms with Crippen LogP contribution >= 0.6 is 0 Å². The largest absolute Gasteiger partial charge is 0.469 e. The molecule has 0 aromatic carbocycles. The molecule has 0 saturated heterocycles. The molecule has 0 rings (SSSR count). The van der Waals surface area contributed by atoms with Crippen molar-refractivity contribution in [1.29, 1.82) is 0 Å². The lowest BCUT2D eigenvalue weighted by Gasteiger charge is -2.02. The summed E-state index contributed by atoms with van der Waals surface area (Å²) < 4.78 is 4.47. The van der Waals surface area contributed by atoms with Crippen molar-refractivity contribution in [2.75, 3.05) is 21.2 Å². The minimum atomic E-state index is -0.159. The highest BCUT2D eigenvalue weighted by molar-refractivity contribution is 5.69. The third kappa shape index (κ3) is 6.90. The van der Waals surface area contributed by atoms with Crippen molar-refractivity contribution >= 4 is 5.97 Å². The van der Waals surface area contributed by atoms with Crippen LogP contribution in [0.15, 0.2) is 12.3 Å². The second-order valence-corrected chi connectivity index (χ2v) is 2.46. The third-order valence-electron chi connectivity index (χ3n) is 1.15. The molecule has 3 nitrogen and oxygen atoms in total. The molecule has 0 heterocycles. The fourth-order valence-electron chi connectivity index (χ4n) is 0.589. The highest BCUT2D eigenvalue weighted by atomic mass is 16.5. The molecule has 0 aliphatic rings. The first-order valence-electron chi connectivity index (χ1n) is 3.56. The predicted molar refractivity (Wildman–Crippen MR) is 44.1 cm³/mol. The highest BCUT2D eigenvalue weighted by Crippen LogP contribution is 1.93. The molecule has 11 heavy (non-hydrogen) atoms. The fourth-order valence-corrected chi connectivity index (χ4v) is 0.589. The summed E-state index contributed by atoms with van der Waals surface area (Å²) in [7, 11) is 5.28. The van der Waals surface area contributed by atoms with Crippen LogP contribution in [0.4, 0.5) is 0 Å². The number of esters is 1. The van der Waals surface area contributed by atoms with E-state index in [1.54, 1.807) is 0 Å². The van der Waals surface area contributed by atoms with Crippen LogP contribution < -0.4 is 0 Å². The summed E-state index contributed by atoms with van der Waals surface area (Å²) in [6, 6.07) is 0. The van der Waals surface area contributed by atoms with E-state index in [4.69, 9.17) is 0 Å². The molecule has 0 amide bonds. The fraction of sp³-hybridized carbons (Fsp3) is 0.625. The van der Waals surface area contributed by atoms with Crippen LogP contribution in [0.25, 0.3) is 0 Å². The van der Waals surface area contributed by atoms with Crippen LogP contribution in [0.5, 0.6) is 0 Å². The van der Waals surface area contributed by atoms with E-state index < -0.39 is 0 Å². The summed E-state index contributed by atoms with van der Waals surface area (Å²) in [6.07, 6.45) is 5.06. The van der Waals surface area contributed by atoms with Gasteiger partial charge in [-0.25, -0.2) is 0 Å². The van der Waals surface area contributed by atoms with E-state index >= 15 is 0 Å². The molecule has 0 saturated carbocycles. The molecule has 0 N–H and O–H groups in total. The summed E-state index contributed by atoms with van der Waals surface area (Å²) in [5.74, 6) is -0.159. The first kappa shape index (κ1) is 10.0. The van der Waals surface area contributed by atoms with E-state index in [1.165, 1.54) is 7.11 Å². The highest BCUT2D eigenvalue weighted by Gasteiger charge is 1.95. The van der Waals surface area contributed by atoms with Gasteiger partial charge < -0.3 is 9.64 Å². The number of hydrogen-bond acceptors (Lipinski definition) is 3. The summed E-state index contributed by atoms with van der Waals surface area (Å²) >= 11 is 0. The smallest absolute Gasteiger partial charge is 0.305 e. The van der Waals surface area contributed by atoms with Crippen molar-refractivity contribution in [3.8, 4) is 0 Å². The third-order valence-corrected chi connectivity index (χ3v) is 1.15. The van der Waals surface area contributed by atoms with Crippen molar-refractivity contribution in [3.05, 3.63) is 12.3 Å². The number of carbonyl (C=O) groups is 1. The molecular weight excluding hydrogens is 142 g/mol. The Morgan fingerprint density at radius 1 is 1.55 bits per heavy atom. The minimum absolute atomic E-state index is 0.159. The first-order valence-corrected chi connectivity index (χ1v) is 3.56. The average Bonchev–Trinajstić information content (AvgIpc) is 1.97. The van der Waals surface area contributed by atoms with Crippen LogP contribution in [-0.4, -0.2) is 32.1 Å². The van der Waals surface area contributed by atoms with Gasteiger partial charge in [-0.3, -0.25) is 4.79 Å². The van der Waals surface area contributed by atoms with Gasteiger partial charge in [-0.15, -0.1) is 0 Å². The van der Waals surface area contributed by atoms with E-state index in [2.05, 4.69) is 4.74 Å². The first-order chi connectivity index (χ1) is 5.16. The van der Waals surface area contributed by atoms with Crippen molar-refractivity contribution < 1.29 is 9.53 Å². The lowest BCUT2D eigenvalue weighted by atomic mass is 10.3. The summed E-state index contributed by atoms with van der Waals surface area (Å²) in [4.78, 5) is 12.5. The van der Waals surface area contributed by atoms with E-state index in [0.29, 0.717) is 6.42 Å². The second kappa shape index (κ2) is 5.77. The number of rotatable bonds is 4. The molecule has 0 radical (unpaired) electrons. The SMILES string of the molecule is COC(=O)CC/C=C/N(C)C. The van der Waals surface area contributed by atoms with Crippen molar-refractivity contribution in [2.24, 2.45) is 0 Å². The van der Waals surface area contributed by atoms with Gasteiger partial charge in [0, 0.05) is 20.5 Å². The lowest BCUT2D eigenvalue weighted by Crippen LogP contribution is -2.01. The Morgan fingerprint density at radius 2 is 2.18 bits per heavy atom. The maximum absolute atomic E-state index is 10.6. The van der Waals surface area contributed by atoms with Crippen molar-refractivity contribution in [2.45, 2.75) is 12.8 Å². The normalized spacial score (nSPS) is 10.1. The van der Waals surface area contributed by atoms with Gasteiger partial charge in [-0.05, 0) is 12.6 Å². The second-order valence-electron chi connectivity index (χ2n) is 2.46. The number of carbonyl (C=O) groups excluding carboxylic acids is 1. The van der Waals surface area contributed by atoms with E-state index in [-0.39, 0.29) is 5.97 Å². The predicted octanol–water partition coefficient (Wildman–Crippen LogP) is 1.01. The number of nitrogens with zero attached hydrogens (tertiary/aromatic N) is 1. The molecule has 3 heteroatoms. The molecule has 0 aromatic rings. The summed E-state index contributed by atoms with van der Waals surface area (Å²) in [5.41, 5.74) is 0. The molecule has 0 spiro atoms. The van der Waals surface area contributed by atoms with Gasteiger partial charge in [0.05, 0.1) is 7.11 Å². The molecule has 0 atom stereocenters. The van der Waals surface area contributed by atoms with Gasteiger partial charge in [-0.2, -0.15) is 0 Å². The van der Waals surface area contributed by atoms with Gasteiger partial charge in [0.15, 0.2) is 0 Å². The van der Waals surface area contributed by atoms with E-state index in [0.717, 1.165) is 6.42 Å². The van der Waals surface area contributed by atoms with Crippen LogP contribution in [0.3, 0.4) is 0 Å². The molecule has 0 fully saturated rings.